The van der Waals surface area contributed by atoms with Crippen LogP contribution in [-0.2, 0) is 4.79 Å². The van der Waals surface area contributed by atoms with E-state index in [9.17, 15) is 4.79 Å². The Kier molecular flexibility index (Phi) is 5.20. The molecule has 0 spiro atoms. The summed E-state index contributed by atoms with van der Waals surface area (Å²) in [6, 6.07) is 5.00. The van der Waals surface area contributed by atoms with E-state index in [1.165, 1.54) is 11.8 Å². The summed E-state index contributed by atoms with van der Waals surface area (Å²) in [7, 11) is 0. The molecule has 0 aliphatic heterocycles. The summed E-state index contributed by atoms with van der Waals surface area (Å²) < 4.78 is 0. The molecule has 2 aromatic rings. The Bertz CT molecular complexity index is 594. The first-order chi connectivity index (χ1) is 9.65. The second-order valence-corrected chi connectivity index (χ2v) is 5.45. The number of nitrogens with two attached hydrogens (primary N) is 1. The number of nitrogen functional groups attached to an aromatic ring is 1. The number of hydrogen-bond donors (Lipinski definition) is 2. The zero-order chi connectivity index (χ0) is 14.4. The predicted molar refractivity (Wildman–Crippen MR) is 81.9 cm³/mol. The van der Waals surface area contributed by atoms with Gasteiger partial charge < -0.3 is 11.1 Å². The lowest BCUT2D eigenvalue weighted by Crippen LogP contribution is -2.12. The van der Waals surface area contributed by atoms with Gasteiger partial charge in [0.1, 0.15) is 5.03 Å². The van der Waals surface area contributed by atoms with Gasteiger partial charge in [-0.1, -0.05) is 11.6 Å². The molecule has 0 fully saturated rings. The van der Waals surface area contributed by atoms with Crippen LogP contribution in [0, 0.1) is 0 Å². The second kappa shape index (κ2) is 7.12. The molecule has 20 heavy (non-hydrogen) atoms. The summed E-state index contributed by atoms with van der Waals surface area (Å²) in [6.45, 7) is 0. The highest BCUT2D eigenvalue weighted by Gasteiger charge is 2.05. The fraction of sp³-hybridized carbons (Fsp3) is 0.154. The van der Waals surface area contributed by atoms with Crippen molar-refractivity contribution in [3.05, 3.63) is 41.8 Å². The molecule has 0 saturated heterocycles. The summed E-state index contributed by atoms with van der Waals surface area (Å²) in [6.07, 6.45) is 5.28. The fourth-order valence-electron chi connectivity index (χ4n) is 1.45. The number of halogens is 1. The van der Waals surface area contributed by atoms with E-state index in [4.69, 9.17) is 17.3 Å². The highest BCUT2D eigenvalue weighted by atomic mass is 35.5. The summed E-state index contributed by atoms with van der Waals surface area (Å²) in [5.41, 5.74) is 6.75. The van der Waals surface area contributed by atoms with E-state index >= 15 is 0 Å². The molecule has 5 nitrogen and oxygen atoms in total. The van der Waals surface area contributed by atoms with Crippen LogP contribution >= 0.6 is 23.4 Å². The Morgan fingerprint density at radius 1 is 1.40 bits per heavy atom. The molecule has 104 valence electrons. The van der Waals surface area contributed by atoms with E-state index in [2.05, 4.69) is 15.3 Å². The maximum absolute atomic E-state index is 11.8. The van der Waals surface area contributed by atoms with Crippen LogP contribution in [0.25, 0.3) is 0 Å². The van der Waals surface area contributed by atoms with Crippen molar-refractivity contribution < 1.29 is 4.79 Å². The minimum Gasteiger partial charge on any atom is -0.397 e. The van der Waals surface area contributed by atoms with Crippen LogP contribution in [0.15, 0.2) is 41.8 Å². The quantitative estimate of drug-likeness (QED) is 0.655. The fourth-order valence-corrected chi connectivity index (χ4v) is 2.34. The van der Waals surface area contributed by atoms with Crippen molar-refractivity contribution in [2.24, 2.45) is 0 Å². The molecule has 1 aromatic heterocycles. The van der Waals surface area contributed by atoms with Gasteiger partial charge in [0, 0.05) is 30.3 Å². The average molecular weight is 309 g/mol. The number of thioether (sulfide) groups is 1. The molecule has 0 saturated carbocycles. The molecule has 0 bridgehead atoms. The van der Waals surface area contributed by atoms with Crippen molar-refractivity contribution in [3.8, 4) is 0 Å². The Labute approximate surface area is 126 Å². The van der Waals surface area contributed by atoms with E-state index < -0.39 is 0 Å². The third kappa shape index (κ3) is 4.40. The molecule has 7 heteroatoms. The van der Waals surface area contributed by atoms with Gasteiger partial charge in [0.15, 0.2) is 0 Å². The van der Waals surface area contributed by atoms with E-state index in [1.54, 1.807) is 36.8 Å². The molecule has 0 aliphatic carbocycles. The first kappa shape index (κ1) is 14.6. The van der Waals surface area contributed by atoms with Crippen molar-refractivity contribution in [1.82, 2.24) is 9.97 Å². The van der Waals surface area contributed by atoms with Crippen molar-refractivity contribution in [2.45, 2.75) is 11.4 Å². The van der Waals surface area contributed by atoms with E-state index in [1.807, 2.05) is 0 Å². The van der Waals surface area contributed by atoms with Gasteiger partial charge in [-0.2, -0.15) is 0 Å². The Hall–Kier alpha value is -1.79. The highest BCUT2D eigenvalue weighted by Crippen LogP contribution is 2.22. The number of amides is 1. The monoisotopic (exact) mass is 308 g/mol. The third-order valence-corrected chi connectivity index (χ3v) is 3.66. The van der Waals surface area contributed by atoms with E-state index in [0.717, 1.165) is 5.03 Å². The third-order valence-electron chi connectivity index (χ3n) is 2.40. The van der Waals surface area contributed by atoms with Crippen LogP contribution in [0.4, 0.5) is 11.4 Å². The van der Waals surface area contributed by atoms with Crippen LogP contribution in [-0.4, -0.2) is 21.6 Å². The van der Waals surface area contributed by atoms with Crippen molar-refractivity contribution >= 4 is 40.6 Å². The van der Waals surface area contributed by atoms with Gasteiger partial charge in [0.25, 0.3) is 0 Å². The summed E-state index contributed by atoms with van der Waals surface area (Å²) in [4.78, 5) is 19.8. The molecular formula is C13H13ClN4OS. The minimum atomic E-state index is -0.0805. The Morgan fingerprint density at radius 2 is 2.25 bits per heavy atom. The summed E-state index contributed by atoms with van der Waals surface area (Å²) in [5.74, 6) is 0.552. The number of aromatic nitrogens is 2. The predicted octanol–water partition coefficient (Wildman–Crippen LogP) is 2.83. The highest BCUT2D eigenvalue weighted by molar-refractivity contribution is 7.99. The molecule has 0 aliphatic rings. The number of nitrogens with one attached hydrogen (secondary N) is 1. The topological polar surface area (TPSA) is 80.9 Å². The number of hydrogen-bond acceptors (Lipinski definition) is 5. The normalized spacial score (nSPS) is 10.2. The van der Waals surface area contributed by atoms with Crippen LogP contribution in [0.3, 0.4) is 0 Å². The lowest BCUT2D eigenvalue weighted by molar-refractivity contribution is -0.115. The zero-order valence-electron chi connectivity index (χ0n) is 10.5. The number of carbonyl (C=O) groups is 1. The van der Waals surface area contributed by atoms with Gasteiger partial charge in [0.2, 0.25) is 5.91 Å². The van der Waals surface area contributed by atoms with E-state index in [-0.39, 0.29) is 5.91 Å². The molecule has 0 radical (unpaired) electrons. The first-order valence-corrected chi connectivity index (χ1v) is 7.25. The number of nitrogens with zero attached hydrogens (tertiary/aromatic N) is 2. The van der Waals surface area contributed by atoms with Gasteiger partial charge in [-0.15, -0.1) is 11.8 Å². The van der Waals surface area contributed by atoms with Crippen LogP contribution in [0.1, 0.15) is 6.42 Å². The molecule has 1 aromatic carbocycles. The van der Waals surface area contributed by atoms with Crippen LogP contribution in [0.5, 0.6) is 0 Å². The lowest BCUT2D eigenvalue weighted by atomic mass is 10.2. The van der Waals surface area contributed by atoms with Gasteiger partial charge >= 0.3 is 0 Å². The summed E-state index contributed by atoms with van der Waals surface area (Å²) in [5, 5.41) is 4.04. The Morgan fingerprint density at radius 3 is 2.95 bits per heavy atom. The number of rotatable bonds is 5. The lowest BCUT2D eigenvalue weighted by Gasteiger charge is -2.06. The van der Waals surface area contributed by atoms with Crippen molar-refractivity contribution in [3.63, 3.8) is 0 Å². The largest absolute Gasteiger partial charge is 0.397 e. The Balaban J connectivity index is 1.79. The van der Waals surface area contributed by atoms with Gasteiger partial charge in [-0.3, -0.25) is 9.78 Å². The van der Waals surface area contributed by atoms with Crippen LogP contribution < -0.4 is 11.1 Å². The van der Waals surface area contributed by atoms with Gasteiger partial charge in [-0.05, 0) is 18.2 Å². The van der Waals surface area contributed by atoms with Crippen LogP contribution in [0.2, 0.25) is 5.02 Å². The zero-order valence-corrected chi connectivity index (χ0v) is 12.1. The number of anilines is 2. The smallest absolute Gasteiger partial charge is 0.225 e. The van der Waals surface area contributed by atoms with Crippen molar-refractivity contribution in [2.75, 3.05) is 16.8 Å². The van der Waals surface area contributed by atoms with E-state index in [0.29, 0.717) is 28.6 Å². The maximum Gasteiger partial charge on any atom is 0.225 e. The average Bonchev–Trinajstić information content (AvgIpc) is 2.44. The molecule has 0 atom stereocenters. The molecule has 1 amide bonds. The molecule has 3 N–H and O–H groups in total. The minimum absolute atomic E-state index is 0.0805. The number of carbonyl (C=O) groups excluding carboxylic acids is 1. The molecule has 1 heterocycles. The maximum atomic E-state index is 11.8. The number of benzene rings is 1. The van der Waals surface area contributed by atoms with Crippen molar-refractivity contribution in [1.29, 1.82) is 0 Å². The standard InChI is InChI=1S/C13H13ClN4OS/c14-10-2-1-9(7-11(10)15)18-12(19)3-6-20-13-8-16-4-5-17-13/h1-2,4-5,7-8H,3,6,15H2,(H,18,19). The molecule has 0 unspecified atom stereocenters. The molecule has 2 rings (SSSR count). The van der Waals surface area contributed by atoms with Gasteiger partial charge in [-0.25, -0.2) is 4.98 Å². The second-order valence-electron chi connectivity index (χ2n) is 3.93. The van der Waals surface area contributed by atoms with Gasteiger partial charge in [0.05, 0.1) is 16.9 Å². The summed E-state index contributed by atoms with van der Waals surface area (Å²) >= 11 is 7.30. The SMILES string of the molecule is Nc1cc(NC(=O)CCSc2cnccn2)ccc1Cl. The first-order valence-electron chi connectivity index (χ1n) is 5.89. The molecular weight excluding hydrogens is 296 g/mol.